The molecule has 0 atom stereocenters. The minimum atomic E-state index is -0.930. The van der Waals surface area contributed by atoms with E-state index in [1.54, 1.807) is 0 Å². The van der Waals surface area contributed by atoms with E-state index >= 15 is 0 Å². The van der Waals surface area contributed by atoms with Crippen LogP contribution < -0.4 is 0 Å². The van der Waals surface area contributed by atoms with Crippen molar-refractivity contribution in [2.24, 2.45) is 0 Å². The number of nitrogens with zero attached hydrogens (tertiary/aromatic N) is 3. The molecule has 1 fully saturated rings. The molecule has 1 aliphatic rings. The molecule has 21 heavy (non-hydrogen) atoms. The van der Waals surface area contributed by atoms with Gasteiger partial charge in [-0.25, -0.2) is 4.39 Å². The van der Waals surface area contributed by atoms with Crippen molar-refractivity contribution in [2.75, 3.05) is 5.75 Å². The van der Waals surface area contributed by atoms with Crippen LogP contribution in [0.1, 0.15) is 18.9 Å². The summed E-state index contributed by atoms with van der Waals surface area (Å²) in [5, 5.41) is 17.7. The van der Waals surface area contributed by atoms with E-state index in [1.165, 1.54) is 18.2 Å². The predicted octanol–water partition coefficient (Wildman–Crippen LogP) is 3.25. The fourth-order valence-electron chi connectivity index (χ4n) is 2.02. The lowest BCUT2D eigenvalue weighted by atomic mass is 10.2. The monoisotopic (exact) mass is 327 g/mol. The summed E-state index contributed by atoms with van der Waals surface area (Å²) < 4.78 is 15.8. The Morgan fingerprint density at radius 2 is 2.24 bits per heavy atom. The van der Waals surface area contributed by atoms with Gasteiger partial charge >= 0.3 is 5.97 Å². The Bertz CT molecular complexity index is 703. The van der Waals surface area contributed by atoms with Crippen LogP contribution >= 0.6 is 23.4 Å². The minimum absolute atomic E-state index is 0.108. The second kappa shape index (κ2) is 5.65. The number of rotatable bonds is 5. The van der Waals surface area contributed by atoms with Crippen molar-refractivity contribution in [1.29, 1.82) is 0 Å². The molecule has 0 spiro atoms. The first kappa shape index (κ1) is 14.3. The maximum Gasteiger partial charge on any atom is 0.313 e. The fraction of sp³-hybridized carbons (Fsp3) is 0.308. The number of hydrogen-bond acceptors (Lipinski definition) is 4. The summed E-state index contributed by atoms with van der Waals surface area (Å²) >= 11 is 7.00. The van der Waals surface area contributed by atoms with E-state index in [0.717, 1.165) is 24.6 Å². The molecule has 1 aliphatic carbocycles. The van der Waals surface area contributed by atoms with Crippen LogP contribution in [-0.2, 0) is 4.79 Å². The van der Waals surface area contributed by atoms with E-state index in [9.17, 15) is 9.18 Å². The third kappa shape index (κ3) is 3.03. The fourth-order valence-corrected chi connectivity index (χ4v) is 2.91. The van der Waals surface area contributed by atoms with Crippen LogP contribution in [0.25, 0.3) is 11.4 Å². The number of carboxylic acids is 1. The quantitative estimate of drug-likeness (QED) is 0.854. The highest BCUT2D eigenvalue weighted by molar-refractivity contribution is 7.99. The molecule has 0 bridgehead atoms. The smallest absolute Gasteiger partial charge is 0.313 e. The van der Waals surface area contributed by atoms with Crippen molar-refractivity contribution in [3.63, 3.8) is 0 Å². The second-order valence-corrected chi connectivity index (χ2v) is 6.09. The van der Waals surface area contributed by atoms with Gasteiger partial charge in [0.05, 0.1) is 11.3 Å². The van der Waals surface area contributed by atoms with Crippen LogP contribution in [0.4, 0.5) is 4.39 Å². The molecule has 1 aromatic heterocycles. The average Bonchev–Trinajstić information content (AvgIpc) is 3.19. The molecule has 8 heteroatoms. The van der Waals surface area contributed by atoms with Gasteiger partial charge in [-0.3, -0.25) is 9.36 Å². The largest absolute Gasteiger partial charge is 0.481 e. The van der Waals surface area contributed by atoms with E-state index in [4.69, 9.17) is 16.7 Å². The maximum absolute atomic E-state index is 14.0. The lowest BCUT2D eigenvalue weighted by Crippen LogP contribution is -2.04. The molecule has 110 valence electrons. The van der Waals surface area contributed by atoms with Gasteiger partial charge in [0.15, 0.2) is 11.0 Å². The summed E-state index contributed by atoms with van der Waals surface area (Å²) in [6.07, 6.45) is 1.90. The Morgan fingerprint density at radius 3 is 2.90 bits per heavy atom. The molecule has 1 N–H and O–H groups in total. The number of carboxylic acid groups (broad SMARTS) is 1. The molecule has 5 nitrogen and oxygen atoms in total. The van der Waals surface area contributed by atoms with E-state index in [0.29, 0.717) is 16.0 Å². The van der Waals surface area contributed by atoms with Crippen molar-refractivity contribution < 1.29 is 14.3 Å². The molecule has 0 radical (unpaired) electrons. The number of aliphatic carboxylic acids is 1. The minimum Gasteiger partial charge on any atom is -0.481 e. The summed E-state index contributed by atoms with van der Waals surface area (Å²) in [4.78, 5) is 10.7. The van der Waals surface area contributed by atoms with Gasteiger partial charge in [-0.1, -0.05) is 23.4 Å². The highest BCUT2D eigenvalue weighted by Gasteiger charge is 2.31. The van der Waals surface area contributed by atoms with Gasteiger partial charge in [-0.15, -0.1) is 10.2 Å². The maximum atomic E-state index is 14.0. The number of carbonyl (C=O) groups is 1. The van der Waals surface area contributed by atoms with Crippen LogP contribution in [0.2, 0.25) is 5.02 Å². The number of benzene rings is 1. The number of halogens is 2. The molecular weight excluding hydrogens is 317 g/mol. The molecule has 1 heterocycles. The van der Waals surface area contributed by atoms with Gasteiger partial charge in [-0.2, -0.15) is 0 Å². The van der Waals surface area contributed by atoms with E-state index in [-0.39, 0.29) is 17.4 Å². The molecule has 0 unspecified atom stereocenters. The third-order valence-electron chi connectivity index (χ3n) is 3.07. The Kier molecular flexibility index (Phi) is 3.86. The van der Waals surface area contributed by atoms with Crippen molar-refractivity contribution in [3.05, 3.63) is 29.0 Å². The molecule has 2 aromatic rings. The predicted molar refractivity (Wildman–Crippen MR) is 77.1 cm³/mol. The van der Waals surface area contributed by atoms with Crippen molar-refractivity contribution in [3.8, 4) is 11.4 Å². The number of hydrogen-bond donors (Lipinski definition) is 1. The normalized spacial score (nSPS) is 14.4. The zero-order valence-corrected chi connectivity index (χ0v) is 12.4. The van der Waals surface area contributed by atoms with Crippen molar-refractivity contribution in [2.45, 2.75) is 24.0 Å². The summed E-state index contributed by atoms with van der Waals surface area (Å²) in [5.41, 5.74) is 0.282. The Labute approximate surface area is 129 Å². The zero-order valence-electron chi connectivity index (χ0n) is 10.8. The average molecular weight is 328 g/mol. The Morgan fingerprint density at radius 1 is 1.48 bits per heavy atom. The lowest BCUT2D eigenvalue weighted by Gasteiger charge is -2.09. The molecule has 1 aromatic carbocycles. The number of thioether (sulfide) groups is 1. The van der Waals surface area contributed by atoms with Crippen LogP contribution in [0.15, 0.2) is 23.4 Å². The molecule has 0 amide bonds. The number of aromatic nitrogens is 3. The first-order valence-corrected chi connectivity index (χ1v) is 7.67. The van der Waals surface area contributed by atoms with E-state index in [1.807, 2.05) is 4.57 Å². The summed E-state index contributed by atoms with van der Waals surface area (Å²) in [6, 6.07) is 4.46. The first-order chi connectivity index (χ1) is 10.1. The molecule has 3 rings (SSSR count). The lowest BCUT2D eigenvalue weighted by molar-refractivity contribution is -0.133. The zero-order chi connectivity index (χ0) is 15.0. The van der Waals surface area contributed by atoms with E-state index in [2.05, 4.69) is 10.2 Å². The van der Waals surface area contributed by atoms with Gasteiger partial charge in [0, 0.05) is 11.1 Å². The Balaban J connectivity index is 2.02. The van der Waals surface area contributed by atoms with Crippen molar-refractivity contribution in [1.82, 2.24) is 14.8 Å². The summed E-state index contributed by atoms with van der Waals surface area (Å²) in [5.74, 6) is -1.07. The van der Waals surface area contributed by atoms with Crippen LogP contribution in [0, 0.1) is 5.82 Å². The molecule has 1 saturated carbocycles. The van der Waals surface area contributed by atoms with Crippen molar-refractivity contribution >= 4 is 29.3 Å². The van der Waals surface area contributed by atoms with Gasteiger partial charge in [0.25, 0.3) is 0 Å². The van der Waals surface area contributed by atoms with Gasteiger partial charge in [0.2, 0.25) is 0 Å². The topological polar surface area (TPSA) is 68.0 Å². The molecular formula is C13H11ClFN3O2S. The molecule has 0 aliphatic heterocycles. The van der Waals surface area contributed by atoms with Crippen LogP contribution in [0.3, 0.4) is 0 Å². The summed E-state index contributed by atoms with van der Waals surface area (Å²) in [6.45, 7) is 0. The highest BCUT2D eigenvalue weighted by atomic mass is 35.5. The van der Waals surface area contributed by atoms with Gasteiger partial charge < -0.3 is 5.11 Å². The third-order valence-corrected chi connectivity index (χ3v) is 4.23. The standard InChI is InChI=1S/C13H11ClFN3O2S/c14-7-1-4-10(15)9(5-7)12-16-17-13(21-6-11(19)20)18(12)8-2-3-8/h1,4-5,8H,2-3,6H2,(H,19,20). The first-order valence-electron chi connectivity index (χ1n) is 6.31. The Hall–Kier alpha value is -1.60. The summed E-state index contributed by atoms with van der Waals surface area (Å²) in [7, 11) is 0. The van der Waals surface area contributed by atoms with E-state index < -0.39 is 11.8 Å². The van der Waals surface area contributed by atoms with Gasteiger partial charge in [-0.05, 0) is 31.0 Å². The highest BCUT2D eigenvalue weighted by Crippen LogP contribution is 2.41. The van der Waals surface area contributed by atoms with Crippen LogP contribution in [-0.4, -0.2) is 31.6 Å². The van der Waals surface area contributed by atoms with Crippen LogP contribution in [0.5, 0.6) is 0 Å². The van der Waals surface area contributed by atoms with Gasteiger partial charge in [0.1, 0.15) is 5.82 Å². The second-order valence-electron chi connectivity index (χ2n) is 4.71. The SMILES string of the molecule is O=C(O)CSc1nnc(-c2cc(Cl)ccc2F)n1C1CC1. The molecule has 0 saturated heterocycles.